The summed E-state index contributed by atoms with van der Waals surface area (Å²) in [5.74, 6) is 0.785. The van der Waals surface area contributed by atoms with Crippen LogP contribution < -0.4 is 0 Å². The fraction of sp³-hybridized carbons (Fsp3) is 1.00. The van der Waals surface area contributed by atoms with Crippen LogP contribution in [0.5, 0.6) is 0 Å². The standard InChI is InChI=1S/C12H25ClN2O3S/c1-11(2)15(7-8-18-3)19(16,17)14-6-4-5-12(9-13)10-14/h11-12H,4-10H2,1-3H3. The third-order valence-electron chi connectivity index (χ3n) is 3.41. The maximum absolute atomic E-state index is 12.6. The molecule has 1 fully saturated rings. The lowest BCUT2D eigenvalue weighted by Crippen LogP contribution is -2.51. The zero-order chi connectivity index (χ0) is 14.5. The van der Waals surface area contributed by atoms with Crippen molar-refractivity contribution in [2.24, 2.45) is 5.92 Å². The summed E-state index contributed by atoms with van der Waals surface area (Å²) in [5.41, 5.74) is 0. The number of piperidine rings is 1. The van der Waals surface area contributed by atoms with Gasteiger partial charge in [0.1, 0.15) is 0 Å². The summed E-state index contributed by atoms with van der Waals surface area (Å²) in [5, 5.41) is 0. The monoisotopic (exact) mass is 312 g/mol. The molecule has 1 heterocycles. The molecule has 1 atom stereocenters. The fourth-order valence-corrected chi connectivity index (χ4v) is 4.48. The third kappa shape index (κ3) is 4.56. The van der Waals surface area contributed by atoms with E-state index in [1.54, 1.807) is 11.4 Å². The lowest BCUT2D eigenvalue weighted by Gasteiger charge is -2.36. The lowest BCUT2D eigenvalue weighted by molar-refractivity contribution is 0.163. The number of methoxy groups -OCH3 is 1. The predicted molar refractivity (Wildman–Crippen MR) is 77.7 cm³/mol. The minimum absolute atomic E-state index is 0.0727. The van der Waals surface area contributed by atoms with Crippen molar-refractivity contribution in [3.8, 4) is 0 Å². The molecule has 1 unspecified atom stereocenters. The molecule has 0 N–H and O–H groups in total. The van der Waals surface area contributed by atoms with Crippen molar-refractivity contribution in [3.05, 3.63) is 0 Å². The maximum Gasteiger partial charge on any atom is 0.282 e. The number of ether oxygens (including phenoxy) is 1. The average molecular weight is 313 g/mol. The Morgan fingerprint density at radius 1 is 1.47 bits per heavy atom. The highest BCUT2D eigenvalue weighted by Gasteiger charge is 2.34. The largest absolute Gasteiger partial charge is 0.383 e. The molecule has 0 amide bonds. The van der Waals surface area contributed by atoms with Gasteiger partial charge in [0.2, 0.25) is 0 Å². The van der Waals surface area contributed by atoms with Crippen LogP contribution in [0.4, 0.5) is 0 Å². The quantitative estimate of drug-likeness (QED) is 0.670. The summed E-state index contributed by atoms with van der Waals surface area (Å²) < 4.78 is 33.4. The highest BCUT2D eigenvalue weighted by Crippen LogP contribution is 2.22. The van der Waals surface area contributed by atoms with E-state index in [1.807, 2.05) is 13.8 Å². The Labute approximate surface area is 122 Å². The maximum atomic E-state index is 12.6. The number of hydrogen-bond donors (Lipinski definition) is 0. The second-order valence-corrected chi connectivity index (χ2v) is 7.42. The van der Waals surface area contributed by atoms with E-state index in [4.69, 9.17) is 16.3 Å². The molecule has 1 rings (SSSR count). The van der Waals surface area contributed by atoms with Gasteiger partial charge in [0.25, 0.3) is 10.2 Å². The molecule has 0 spiro atoms. The van der Waals surface area contributed by atoms with E-state index >= 15 is 0 Å². The van der Waals surface area contributed by atoms with Gasteiger partial charge in [-0.1, -0.05) is 0 Å². The van der Waals surface area contributed by atoms with E-state index in [9.17, 15) is 8.42 Å². The Bertz CT molecular complexity index is 362. The molecule has 114 valence electrons. The zero-order valence-corrected chi connectivity index (χ0v) is 13.6. The van der Waals surface area contributed by atoms with Crippen molar-refractivity contribution in [2.45, 2.75) is 32.7 Å². The van der Waals surface area contributed by atoms with Gasteiger partial charge in [-0.15, -0.1) is 11.6 Å². The van der Waals surface area contributed by atoms with Gasteiger partial charge in [0.15, 0.2) is 0 Å². The molecular weight excluding hydrogens is 288 g/mol. The van der Waals surface area contributed by atoms with Crippen molar-refractivity contribution in [3.63, 3.8) is 0 Å². The smallest absolute Gasteiger partial charge is 0.282 e. The van der Waals surface area contributed by atoms with E-state index in [2.05, 4.69) is 0 Å². The highest BCUT2D eigenvalue weighted by molar-refractivity contribution is 7.86. The second kappa shape index (κ2) is 7.78. The number of nitrogens with zero attached hydrogens (tertiary/aromatic N) is 2. The first kappa shape index (κ1) is 17.2. The molecular formula is C12H25ClN2O3S. The molecule has 1 saturated heterocycles. The summed E-state index contributed by atoms with van der Waals surface area (Å²) in [6, 6.07) is -0.0727. The zero-order valence-electron chi connectivity index (χ0n) is 12.0. The van der Waals surface area contributed by atoms with Crippen LogP contribution in [0, 0.1) is 5.92 Å². The highest BCUT2D eigenvalue weighted by atomic mass is 35.5. The average Bonchev–Trinajstić information content (AvgIpc) is 2.38. The van der Waals surface area contributed by atoms with Gasteiger partial charge < -0.3 is 4.74 Å². The summed E-state index contributed by atoms with van der Waals surface area (Å²) in [6.45, 7) is 5.68. The van der Waals surface area contributed by atoms with Gasteiger partial charge in [-0.05, 0) is 32.6 Å². The van der Waals surface area contributed by atoms with Gasteiger partial charge in [-0.3, -0.25) is 0 Å². The van der Waals surface area contributed by atoms with Gasteiger partial charge in [-0.25, -0.2) is 0 Å². The summed E-state index contributed by atoms with van der Waals surface area (Å²) in [7, 11) is -1.83. The second-order valence-electron chi connectivity index (χ2n) is 5.23. The minimum Gasteiger partial charge on any atom is -0.383 e. The first-order chi connectivity index (χ1) is 8.93. The molecule has 0 saturated carbocycles. The van der Waals surface area contributed by atoms with Crippen LogP contribution in [-0.2, 0) is 14.9 Å². The van der Waals surface area contributed by atoms with Crippen LogP contribution in [0.2, 0.25) is 0 Å². The molecule has 1 aliphatic heterocycles. The Morgan fingerprint density at radius 3 is 2.68 bits per heavy atom. The van der Waals surface area contributed by atoms with E-state index in [0.717, 1.165) is 12.8 Å². The number of hydrogen-bond acceptors (Lipinski definition) is 3. The summed E-state index contributed by atoms with van der Waals surface area (Å²) in [4.78, 5) is 0. The molecule has 0 aromatic rings. The topological polar surface area (TPSA) is 49.9 Å². The SMILES string of the molecule is COCCN(C(C)C)S(=O)(=O)N1CCCC(CCl)C1. The molecule has 0 aromatic carbocycles. The van der Waals surface area contributed by atoms with Crippen LogP contribution >= 0.6 is 11.6 Å². The Kier molecular flexibility index (Phi) is 7.04. The predicted octanol–water partition coefficient (Wildman–Crippen LogP) is 1.54. The minimum atomic E-state index is -3.41. The molecule has 0 aromatic heterocycles. The van der Waals surface area contributed by atoms with Crippen LogP contribution in [0.1, 0.15) is 26.7 Å². The Balaban J connectivity index is 2.80. The van der Waals surface area contributed by atoms with Crippen molar-refractivity contribution in [2.75, 3.05) is 39.2 Å². The first-order valence-corrected chi connectivity index (χ1v) is 8.68. The molecule has 1 aliphatic rings. The van der Waals surface area contributed by atoms with E-state index in [1.165, 1.54) is 4.31 Å². The van der Waals surface area contributed by atoms with Crippen LogP contribution in [-0.4, -0.2) is 62.3 Å². The lowest BCUT2D eigenvalue weighted by atomic mass is 10.0. The van der Waals surface area contributed by atoms with Crippen molar-refractivity contribution in [1.29, 1.82) is 0 Å². The van der Waals surface area contributed by atoms with Gasteiger partial charge >= 0.3 is 0 Å². The third-order valence-corrected chi connectivity index (χ3v) is 6.03. The molecule has 19 heavy (non-hydrogen) atoms. The van der Waals surface area contributed by atoms with E-state index in [-0.39, 0.29) is 12.0 Å². The van der Waals surface area contributed by atoms with E-state index in [0.29, 0.717) is 32.1 Å². The Morgan fingerprint density at radius 2 is 2.16 bits per heavy atom. The van der Waals surface area contributed by atoms with Crippen molar-refractivity contribution >= 4 is 21.8 Å². The Hall–Kier alpha value is 0.120. The molecule has 7 heteroatoms. The van der Waals surface area contributed by atoms with Gasteiger partial charge in [-0.2, -0.15) is 17.0 Å². The molecule has 0 radical (unpaired) electrons. The first-order valence-electron chi connectivity index (χ1n) is 6.75. The van der Waals surface area contributed by atoms with Crippen LogP contribution in [0.3, 0.4) is 0 Å². The van der Waals surface area contributed by atoms with Crippen molar-refractivity contribution < 1.29 is 13.2 Å². The normalized spacial score (nSPS) is 22.3. The van der Waals surface area contributed by atoms with Gasteiger partial charge in [0.05, 0.1) is 6.61 Å². The molecule has 0 aliphatic carbocycles. The van der Waals surface area contributed by atoms with Crippen LogP contribution in [0.15, 0.2) is 0 Å². The summed E-state index contributed by atoms with van der Waals surface area (Å²) in [6.07, 6.45) is 1.89. The van der Waals surface area contributed by atoms with Gasteiger partial charge in [0, 0.05) is 38.7 Å². The van der Waals surface area contributed by atoms with E-state index < -0.39 is 10.2 Å². The number of rotatable bonds is 7. The summed E-state index contributed by atoms with van der Waals surface area (Å²) >= 11 is 5.87. The molecule has 0 bridgehead atoms. The number of halogens is 1. The number of alkyl halides is 1. The van der Waals surface area contributed by atoms with Crippen molar-refractivity contribution in [1.82, 2.24) is 8.61 Å². The van der Waals surface area contributed by atoms with Crippen LogP contribution in [0.25, 0.3) is 0 Å². The fourth-order valence-electron chi connectivity index (χ4n) is 2.33. The molecule has 5 nitrogen and oxygen atoms in total.